The van der Waals surface area contributed by atoms with Crippen molar-refractivity contribution in [2.75, 3.05) is 119 Å². The minimum Gasteiger partial charge on any atom is -0.508 e. The Hall–Kier alpha value is -4.20. The van der Waals surface area contributed by atoms with E-state index >= 15 is 0 Å². The summed E-state index contributed by atoms with van der Waals surface area (Å²) in [6, 6.07) is 12.3. The highest BCUT2D eigenvalue weighted by Gasteiger charge is 2.81. The van der Waals surface area contributed by atoms with Crippen molar-refractivity contribution in [3.63, 3.8) is 0 Å². The van der Waals surface area contributed by atoms with E-state index in [4.69, 9.17) is 96.2 Å². The highest BCUT2D eigenvalue weighted by atomic mass is 16.8. The monoisotopic (exact) mass is 1910 g/mol. The van der Waals surface area contributed by atoms with Crippen molar-refractivity contribution < 1.29 is 136 Å². The van der Waals surface area contributed by atoms with Crippen molar-refractivity contribution in [2.45, 2.75) is 371 Å². The summed E-state index contributed by atoms with van der Waals surface area (Å²) in [7, 11) is 0. The van der Waals surface area contributed by atoms with Crippen molar-refractivity contribution in [1.29, 1.82) is 0 Å². The van der Waals surface area contributed by atoms with Crippen LogP contribution in [0.5, 0.6) is 5.75 Å². The number of hydrogen-bond donors (Lipinski definition) is 10. The number of aliphatic hydroxyl groups is 9. The highest BCUT2D eigenvalue weighted by molar-refractivity contribution is 6.01. The highest BCUT2D eigenvalue weighted by Crippen LogP contribution is 2.78. The molecule has 756 valence electrons. The molecule has 2 aromatic rings. The van der Waals surface area contributed by atoms with E-state index in [-0.39, 0.29) is 106 Å². The third-order valence-electron chi connectivity index (χ3n) is 42.0. The number of phenols is 1. The van der Waals surface area contributed by atoms with E-state index in [1.807, 2.05) is 12.1 Å². The fourth-order valence-electron chi connectivity index (χ4n) is 36.8. The predicted molar refractivity (Wildman–Crippen MR) is 492 cm³/mol. The average molecular weight is 1910 g/mol. The van der Waals surface area contributed by atoms with Crippen LogP contribution in [0.3, 0.4) is 0 Å². The van der Waals surface area contributed by atoms with Gasteiger partial charge in [-0.05, 0) is 235 Å². The van der Waals surface area contributed by atoms with E-state index in [0.29, 0.717) is 166 Å². The second kappa shape index (κ2) is 34.2. The summed E-state index contributed by atoms with van der Waals surface area (Å²) < 4.78 is 99.5. The van der Waals surface area contributed by atoms with Crippen LogP contribution in [0.25, 0.3) is 0 Å². The third kappa shape index (κ3) is 13.9. The van der Waals surface area contributed by atoms with Crippen LogP contribution in [0.15, 0.2) is 69.8 Å². The minimum absolute atomic E-state index is 0.0322. The van der Waals surface area contributed by atoms with Gasteiger partial charge in [-0.25, -0.2) is 0 Å². The summed E-state index contributed by atoms with van der Waals surface area (Å²) >= 11 is 0. The fraction of sp³-hybridized carbons (Fsp3) is 0.817. The number of hydrogen-bond acceptors (Lipinski definition) is 28. The third-order valence-corrected chi connectivity index (χ3v) is 42.0. The van der Waals surface area contributed by atoms with Gasteiger partial charge in [0.2, 0.25) is 0 Å². The smallest absolute Gasteiger partial charge is 0.174 e. The van der Waals surface area contributed by atoms with E-state index in [9.17, 15) is 40.2 Å². The number of Topliss-reactive ketones (excluding diaryl/α,β-unsaturated/α-hetero) is 2. The molecule has 12 saturated carbocycles. The SMILES string of the molecule is C[C@]12CC(=O)C3=C4CCC5(C[C@]46CCC3(O6)[C@@H]1CCC21OCCO1)OCCO5.C[C@]12CC[C@@H]3c4ccc(O)cc4CC[C@H]3[C@@H]1CCC2=O.C[C@]12C[C@@H](O)[C@@H]3C4=C(CC[C@]3(O)[C@@H]1CCC21OCCO1)CC1(CC4)OCCO1.C[C@]12C[C@H](O)C3=C4CCC5(C[C@]46CCC3(O6)[C@@H]1CCC21OCCO1)OCCO5.Cc1ccc2c(c1)CC[C@@]1(O)[C@@H]2[C@H](O)C[C@@]2(C)[C@H]1CCC21OCCO1.OCCO.OCCO. The Labute approximate surface area is 805 Å². The quantitative estimate of drug-likeness (QED) is 0.125. The molecule has 11 aliphatic heterocycles. The van der Waals surface area contributed by atoms with Crippen LogP contribution in [0.1, 0.15) is 286 Å². The van der Waals surface area contributed by atoms with Crippen LogP contribution >= 0.6 is 0 Å². The van der Waals surface area contributed by atoms with Crippen molar-refractivity contribution in [1.82, 2.24) is 0 Å². The average Bonchev–Trinajstić information content (AvgIpc) is 1.48. The van der Waals surface area contributed by atoms with Gasteiger partial charge in [-0.3, -0.25) is 9.59 Å². The zero-order valence-corrected chi connectivity index (χ0v) is 81.7. The van der Waals surface area contributed by atoms with Gasteiger partial charge in [0.1, 0.15) is 17.1 Å². The van der Waals surface area contributed by atoms with E-state index in [0.717, 1.165) is 191 Å². The van der Waals surface area contributed by atoms with Crippen molar-refractivity contribution in [3.8, 4) is 5.75 Å². The van der Waals surface area contributed by atoms with Crippen LogP contribution in [0.4, 0.5) is 0 Å². The minimum atomic E-state index is -0.883. The number of aliphatic hydroxyl groups excluding tert-OH is 7. The van der Waals surface area contributed by atoms with Gasteiger partial charge in [0.15, 0.2) is 46.3 Å². The maximum Gasteiger partial charge on any atom is 0.174 e. The summed E-state index contributed by atoms with van der Waals surface area (Å²) in [6.45, 7) is 21.6. The first-order chi connectivity index (χ1) is 65.7. The van der Waals surface area contributed by atoms with E-state index in [1.54, 1.807) is 0 Å². The Bertz CT molecular complexity index is 5050. The standard InChI is InChI=1S/C22H30O6.C22H28O6.C22H32O6.C21H28O4.C18H22O2.2C2H6O2/c2*1-18-12-15(23)17-14-2-4-20(24-8-9-25-20)13-19(14)6-7-21(17,28-19)16(18)3-5-22(18)26-10-11-27-22;1-19-13-16(23)18-15-3-5-20(25-8-9-26-20)12-14(15)2-6-21(18,24)17(19)4-7-22(19)27-10-11-28-22;1-13-3-4-15-14(11-13)5-7-20(23)17-6-8-21(24-9-10-25-21)19(17,2)12-16(22)18(15)20;1-18-9-8-14-13-5-3-12(19)10-11(13)2-4-15(14)16(18)6-7-17(18)20;2*3-1-2-4/h15-16,23H,2-13H2,1H3;16H,2-13H2,1H3;16-18,23-24H,2-13H2,1H3;3-4,11,16-18,22-23H,5-10,12H2,1-2H3;3,5,10,14-16,19H,2,4,6-9H2,1H3;2*3-4H,1-2H2/t15-,16+,18-,19+,21?;16-,18+,19-,21?;16-,17-,18+,19+,21+;16-,17-,18+,19+,20+;14-,15-,16+,18+;;/m01111../s1. The van der Waals surface area contributed by atoms with Crippen LogP contribution in [-0.2, 0) is 98.2 Å². The number of ether oxygens (including phenoxy) is 16. The van der Waals surface area contributed by atoms with Crippen LogP contribution < -0.4 is 0 Å². The second-order valence-corrected chi connectivity index (χ2v) is 47.6. The molecule has 29 rings (SSSR count). The molecule has 4 bridgehead atoms. The molecule has 11 heterocycles. The molecule has 137 heavy (non-hydrogen) atoms. The van der Waals surface area contributed by atoms with Crippen molar-refractivity contribution in [3.05, 3.63) is 97.7 Å². The first-order valence-corrected chi connectivity index (χ1v) is 53.1. The molecule has 23 atom stereocenters. The Kier molecular flexibility index (Phi) is 24.0. The van der Waals surface area contributed by atoms with E-state index in [1.165, 1.54) is 56.5 Å². The van der Waals surface area contributed by atoms with Crippen LogP contribution in [0.2, 0.25) is 0 Å². The Balaban J connectivity index is 0.0000000946. The van der Waals surface area contributed by atoms with Gasteiger partial charge in [-0.15, -0.1) is 0 Å². The number of carbonyl (C=O) groups is 2. The van der Waals surface area contributed by atoms with Gasteiger partial charge >= 0.3 is 0 Å². The van der Waals surface area contributed by atoms with Gasteiger partial charge in [-0.1, -0.05) is 75.6 Å². The number of phenolic OH excluding ortho intramolecular Hbond substituents is 1. The molecule has 0 radical (unpaired) electrons. The van der Waals surface area contributed by atoms with Gasteiger partial charge < -0.3 is 127 Å². The zero-order valence-electron chi connectivity index (χ0n) is 81.7. The van der Waals surface area contributed by atoms with Gasteiger partial charge in [0.05, 0.1) is 165 Å². The molecule has 16 aliphatic carbocycles. The topological polar surface area (TPSA) is 384 Å². The molecule has 10 N–H and O–H groups in total. The van der Waals surface area contributed by atoms with Gasteiger partial charge in [-0.2, -0.15) is 0 Å². The summed E-state index contributed by atoms with van der Waals surface area (Å²) in [4.78, 5) is 25.9. The molecule has 2 aromatic carbocycles. The maximum atomic E-state index is 13.6. The number of ketones is 2. The molecule has 27 aliphatic rings. The molecule has 9 saturated heterocycles. The Morgan fingerprint density at radius 3 is 1.42 bits per heavy atom. The lowest BCUT2D eigenvalue weighted by Gasteiger charge is -2.60. The molecule has 11 spiro atoms. The zero-order chi connectivity index (χ0) is 95.0. The van der Waals surface area contributed by atoms with Crippen molar-refractivity contribution in [2.24, 2.45) is 68.5 Å². The number of aryl methyl sites for hydroxylation is 3. The molecule has 28 nitrogen and oxygen atoms in total. The maximum absolute atomic E-state index is 13.6. The largest absolute Gasteiger partial charge is 0.508 e. The predicted octanol–water partition coefficient (Wildman–Crippen LogP) is 11.8. The Morgan fingerprint density at radius 1 is 0.394 bits per heavy atom. The summed E-state index contributed by atoms with van der Waals surface area (Å²) in [5, 5.41) is 98.1. The van der Waals surface area contributed by atoms with Gasteiger partial charge in [0.25, 0.3) is 0 Å². The number of rotatable bonds is 2. The van der Waals surface area contributed by atoms with Crippen LogP contribution in [-0.4, -0.2) is 274 Å². The number of aromatic hydroxyl groups is 1. The van der Waals surface area contributed by atoms with Crippen molar-refractivity contribution >= 4 is 11.6 Å². The first kappa shape index (κ1) is 96.3. The van der Waals surface area contributed by atoms with Crippen LogP contribution in [0, 0.1) is 75.4 Å². The Morgan fingerprint density at radius 2 is 0.854 bits per heavy atom. The molecule has 0 aromatic heterocycles. The number of fused-ring (bicyclic) bond motifs is 20. The molecule has 2 unspecified atom stereocenters. The number of benzene rings is 2. The summed E-state index contributed by atoms with van der Waals surface area (Å²) in [5.74, 6) is -0.385. The molecule has 21 fully saturated rings. The summed E-state index contributed by atoms with van der Waals surface area (Å²) in [6.07, 6.45) is 28.9. The second-order valence-electron chi connectivity index (χ2n) is 47.6. The molecule has 28 heteroatoms. The fourth-order valence-corrected chi connectivity index (χ4v) is 36.8. The number of carbonyl (C=O) groups excluding carboxylic acids is 2. The summed E-state index contributed by atoms with van der Waals surface area (Å²) in [5.41, 5.74) is 9.44. The van der Waals surface area contributed by atoms with E-state index < -0.39 is 75.6 Å². The lowest BCUT2D eigenvalue weighted by Crippen LogP contribution is -2.65. The molecular weight excluding hydrogens is 1760 g/mol. The van der Waals surface area contributed by atoms with Gasteiger partial charge in [0, 0.05) is 133 Å². The van der Waals surface area contributed by atoms with E-state index in [2.05, 4.69) is 65.8 Å². The molecule has 0 amide bonds. The first-order valence-electron chi connectivity index (χ1n) is 53.1. The lowest BCUT2D eigenvalue weighted by atomic mass is 9.50. The normalized spacial score (nSPS) is 45.1. The lowest BCUT2D eigenvalue weighted by molar-refractivity contribution is -0.274. The molecular formula is C109H152O28.